The highest BCUT2D eigenvalue weighted by Crippen LogP contribution is 1.99. The highest BCUT2D eigenvalue weighted by Gasteiger charge is 2.08. The molecule has 12 heavy (non-hydrogen) atoms. The highest BCUT2D eigenvalue weighted by molar-refractivity contribution is 6.18. The van der Waals surface area contributed by atoms with Gasteiger partial charge in [-0.15, -0.1) is 17.5 Å². The zero-order valence-electron chi connectivity index (χ0n) is 7.39. The van der Waals surface area contributed by atoms with Crippen LogP contribution >= 0.6 is 11.6 Å². The molecule has 0 saturated carbocycles. The Labute approximate surface area is 78.2 Å². The van der Waals surface area contributed by atoms with Crippen LogP contribution in [0.25, 0.3) is 0 Å². The molecule has 0 aromatic heterocycles. The van der Waals surface area contributed by atoms with Crippen molar-refractivity contribution < 1.29 is 9.53 Å². The lowest BCUT2D eigenvalue weighted by molar-refractivity contribution is -0.146. The Morgan fingerprint density at radius 3 is 2.75 bits per heavy atom. The number of carbonyl (C=O) groups excluding carboxylic acids is 1. The topological polar surface area (TPSA) is 26.3 Å². The highest BCUT2D eigenvalue weighted by atomic mass is 35.5. The molecule has 0 aliphatic rings. The van der Waals surface area contributed by atoms with E-state index >= 15 is 0 Å². The molecule has 1 unspecified atom stereocenters. The van der Waals surface area contributed by atoms with Gasteiger partial charge in [-0.1, -0.05) is 12.8 Å². The first-order valence-electron chi connectivity index (χ1n) is 3.92. The molecule has 0 amide bonds. The average molecular weight is 189 g/mol. The van der Waals surface area contributed by atoms with E-state index < -0.39 is 0 Å². The summed E-state index contributed by atoms with van der Waals surface area (Å²) in [5.41, 5.74) is 0. The minimum absolute atomic E-state index is 0.253. The van der Waals surface area contributed by atoms with Crippen molar-refractivity contribution in [3.05, 3.63) is 0 Å². The van der Waals surface area contributed by atoms with Gasteiger partial charge in [0.1, 0.15) is 0 Å². The van der Waals surface area contributed by atoms with Crippen LogP contribution in [0, 0.1) is 11.8 Å². The lowest BCUT2D eigenvalue weighted by Gasteiger charge is -2.08. The van der Waals surface area contributed by atoms with E-state index in [1.165, 1.54) is 0 Å². The second kappa shape index (κ2) is 7.00. The first kappa shape index (κ1) is 11.3. The van der Waals surface area contributed by atoms with E-state index in [-0.39, 0.29) is 18.5 Å². The van der Waals surface area contributed by atoms with Crippen LogP contribution < -0.4 is 0 Å². The van der Waals surface area contributed by atoms with E-state index in [0.717, 1.165) is 6.42 Å². The molecule has 0 spiro atoms. The predicted molar refractivity (Wildman–Crippen MR) is 49.0 cm³/mol. The molecular formula is C9H13ClO2. The first-order chi connectivity index (χ1) is 5.74. The van der Waals surface area contributed by atoms with Gasteiger partial charge in [0.2, 0.25) is 0 Å². The number of alkyl halides is 1. The molecule has 0 aromatic rings. The SMILES string of the molecule is CC#CC(CC)OC(=O)CCCl. The predicted octanol–water partition coefficient (Wildman–Crippen LogP) is 1.96. The summed E-state index contributed by atoms with van der Waals surface area (Å²) in [4.78, 5) is 10.9. The summed E-state index contributed by atoms with van der Waals surface area (Å²) in [6.45, 7) is 3.64. The Balaban J connectivity index is 3.82. The quantitative estimate of drug-likeness (QED) is 0.383. The zero-order valence-corrected chi connectivity index (χ0v) is 8.15. The summed E-state index contributed by atoms with van der Waals surface area (Å²) < 4.78 is 4.98. The zero-order chi connectivity index (χ0) is 9.40. The van der Waals surface area contributed by atoms with Crippen molar-refractivity contribution in [2.24, 2.45) is 0 Å². The molecule has 1 atom stereocenters. The fourth-order valence-corrected chi connectivity index (χ4v) is 0.825. The molecule has 3 heteroatoms. The molecule has 0 heterocycles. The van der Waals surface area contributed by atoms with Gasteiger partial charge >= 0.3 is 5.97 Å². The van der Waals surface area contributed by atoms with Gasteiger partial charge < -0.3 is 4.74 Å². The van der Waals surface area contributed by atoms with E-state index in [2.05, 4.69) is 11.8 Å². The van der Waals surface area contributed by atoms with Gasteiger partial charge in [-0.25, -0.2) is 0 Å². The molecule has 0 aliphatic heterocycles. The fourth-order valence-electron chi connectivity index (χ4n) is 0.671. The van der Waals surface area contributed by atoms with Crippen molar-refractivity contribution in [1.29, 1.82) is 0 Å². The molecule has 68 valence electrons. The van der Waals surface area contributed by atoms with Gasteiger partial charge in [0, 0.05) is 5.88 Å². The molecule has 0 aliphatic carbocycles. The smallest absolute Gasteiger partial charge is 0.308 e. The number of hydrogen-bond acceptors (Lipinski definition) is 2. The van der Waals surface area contributed by atoms with Crippen LogP contribution in [0.4, 0.5) is 0 Å². The van der Waals surface area contributed by atoms with E-state index in [1.54, 1.807) is 6.92 Å². The van der Waals surface area contributed by atoms with Gasteiger partial charge in [-0.05, 0) is 13.3 Å². The van der Waals surface area contributed by atoms with E-state index in [9.17, 15) is 4.79 Å². The van der Waals surface area contributed by atoms with Crippen LogP contribution in [-0.2, 0) is 9.53 Å². The second-order valence-electron chi connectivity index (χ2n) is 2.22. The minimum Gasteiger partial charge on any atom is -0.449 e. The molecule has 2 nitrogen and oxygen atoms in total. The molecule has 0 N–H and O–H groups in total. The van der Waals surface area contributed by atoms with Crippen molar-refractivity contribution in [3.63, 3.8) is 0 Å². The van der Waals surface area contributed by atoms with Crippen molar-refractivity contribution in [1.82, 2.24) is 0 Å². The molecule has 0 fully saturated rings. The van der Waals surface area contributed by atoms with Crippen LogP contribution in [0.5, 0.6) is 0 Å². The van der Waals surface area contributed by atoms with Crippen LogP contribution in [-0.4, -0.2) is 18.0 Å². The lowest BCUT2D eigenvalue weighted by atomic mass is 10.3. The Kier molecular flexibility index (Phi) is 6.60. The van der Waals surface area contributed by atoms with Crippen LogP contribution in [0.2, 0.25) is 0 Å². The van der Waals surface area contributed by atoms with E-state index in [4.69, 9.17) is 16.3 Å². The van der Waals surface area contributed by atoms with Gasteiger partial charge in [0.05, 0.1) is 6.42 Å². The molecular weight excluding hydrogens is 176 g/mol. The van der Waals surface area contributed by atoms with Crippen molar-refractivity contribution >= 4 is 17.6 Å². The Morgan fingerprint density at radius 2 is 2.33 bits per heavy atom. The summed E-state index contributed by atoms with van der Waals surface area (Å²) in [5, 5.41) is 0. The summed E-state index contributed by atoms with van der Waals surface area (Å²) in [5.74, 6) is 5.51. The third kappa shape index (κ3) is 5.03. The van der Waals surface area contributed by atoms with Gasteiger partial charge in [-0.2, -0.15) is 0 Å². The summed E-state index contributed by atoms with van der Waals surface area (Å²) in [6, 6.07) is 0. The standard InChI is InChI=1S/C9H13ClO2/c1-3-5-8(4-2)12-9(11)6-7-10/h8H,4,6-7H2,1-2H3. The lowest BCUT2D eigenvalue weighted by Crippen LogP contribution is -2.15. The van der Waals surface area contributed by atoms with Crippen LogP contribution in [0.3, 0.4) is 0 Å². The molecule has 0 saturated heterocycles. The first-order valence-corrected chi connectivity index (χ1v) is 4.45. The normalized spacial score (nSPS) is 11.2. The van der Waals surface area contributed by atoms with E-state index in [0.29, 0.717) is 5.88 Å². The maximum atomic E-state index is 10.9. The number of rotatable bonds is 4. The third-order valence-electron chi connectivity index (χ3n) is 1.25. The van der Waals surface area contributed by atoms with Crippen LogP contribution in [0.15, 0.2) is 0 Å². The number of carbonyl (C=O) groups is 1. The van der Waals surface area contributed by atoms with Crippen molar-refractivity contribution in [2.45, 2.75) is 32.8 Å². The third-order valence-corrected chi connectivity index (χ3v) is 1.44. The van der Waals surface area contributed by atoms with Crippen molar-refractivity contribution in [3.8, 4) is 11.8 Å². The van der Waals surface area contributed by atoms with Gasteiger partial charge in [0.15, 0.2) is 6.10 Å². The Morgan fingerprint density at radius 1 is 1.67 bits per heavy atom. The molecule has 0 aromatic carbocycles. The number of halogens is 1. The number of ether oxygens (including phenoxy) is 1. The molecule has 0 rings (SSSR count). The summed E-state index contributed by atoms with van der Waals surface area (Å²) in [7, 11) is 0. The minimum atomic E-state index is -0.278. The Bertz CT molecular complexity index is 190. The second-order valence-corrected chi connectivity index (χ2v) is 2.60. The number of esters is 1. The van der Waals surface area contributed by atoms with Gasteiger partial charge in [0.25, 0.3) is 0 Å². The average Bonchev–Trinajstić information content (AvgIpc) is 2.04. The van der Waals surface area contributed by atoms with E-state index in [1.807, 2.05) is 6.92 Å². The molecule has 0 radical (unpaired) electrons. The largest absolute Gasteiger partial charge is 0.449 e. The summed E-state index contributed by atoms with van der Waals surface area (Å²) in [6.07, 6.45) is 0.698. The summed E-state index contributed by atoms with van der Waals surface area (Å²) >= 11 is 5.36. The maximum Gasteiger partial charge on any atom is 0.308 e. The molecule has 0 bridgehead atoms. The maximum absolute atomic E-state index is 10.9. The van der Waals surface area contributed by atoms with Gasteiger partial charge in [-0.3, -0.25) is 4.79 Å². The Hall–Kier alpha value is -0.680. The monoisotopic (exact) mass is 188 g/mol. The fraction of sp³-hybridized carbons (Fsp3) is 0.667. The van der Waals surface area contributed by atoms with Crippen molar-refractivity contribution in [2.75, 3.05) is 5.88 Å². The number of hydrogen-bond donors (Lipinski definition) is 0. The van der Waals surface area contributed by atoms with Crippen LogP contribution in [0.1, 0.15) is 26.7 Å².